The number of hydrogen-bond acceptors (Lipinski definition) is 5. The molecule has 1 aromatic carbocycles. The first kappa shape index (κ1) is 15.1. The second-order valence-corrected chi connectivity index (χ2v) is 5.21. The smallest absolute Gasteiger partial charge is 0.253 e. The second kappa shape index (κ2) is 6.51. The first-order chi connectivity index (χ1) is 11.2. The molecule has 0 spiro atoms. The normalized spacial score (nSPS) is 12.2. The molecular formula is C16H17N3O4. The van der Waals surface area contributed by atoms with Crippen molar-refractivity contribution in [2.75, 3.05) is 12.1 Å². The quantitative estimate of drug-likeness (QED) is 0.905. The van der Waals surface area contributed by atoms with Crippen molar-refractivity contribution in [1.29, 1.82) is 0 Å². The van der Waals surface area contributed by atoms with E-state index in [1.165, 1.54) is 17.0 Å². The van der Waals surface area contributed by atoms with Crippen LogP contribution in [-0.2, 0) is 17.8 Å². The van der Waals surface area contributed by atoms with E-state index in [1.54, 1.807) is 18.2 Å². The molecule has 0 saturated carbocycles. The summed E-state index contributed by atoms with van der Waals surface area (Å²) in [7, 11) is 0. The molecule has 1 aromatic heterocycles. The number of rotatable bonds is 5. The SMILES string of the molecule is CCCc1cc(=O)n(CC(=O)Nc2ccc3c(c2)OCO3)cn1. The highest BCUT2D eigenvalue weighted by molar-refractivity contribution is 5.90. The van der Waals surface area contributed by atoms with Crippen LogP contribution in [0.1, 0.15) is 19.0 Å². The molecule has 0 unspecified atom stereocenters. The van der Waals surface area contributed by atoms with Gasteiger partial charge in [-0.3, -0.25) is 14.2 Å². The first-order valence-electron chi connectivity index (χ1n) is 7.40. The minimum absolute atomic E-state index is 0.0906. The average molecular weight is 315 g/mol. The van der Waals surface area contributed by atoms with E-state index in [9.17, 15) is 9.59 Å². The Bertz CT molecular complexity index is 785. The van der Waals surface area contributed by atoms with Crippen LogP contribution in [0.15, 0.2) is 35.4 Å². The number of benzene rings is 1. The van der Waals surface area contributed by atoms with Crippen molar-refractivity contribution in [2.24, 2.45) is 0 Å². The fraction of sp³-hybridized carbons (Fsp3) is 0.312. The van der Waals surface area contributed by atoms with Gasteiger partial charge in [0, 0.05) is 23.5 Å². The Balaban J connectivity index is 1.66. The molecule has 2 heterocycles. The van der Waals surface area contributed by atoms with Crippen LogP contribution in [0, 0.1) is 0 Å². The summed E-state index contributed by atoms with van der Waals surface area (Å²) in [5.74, 6) is 0.927. The van der Waals surface area contributed by atoms with E-state index in [0.29, 0.717) is 17.2 Å². The van der Waals surface area contributed by atoms with Gasteiger partial charge in [-0.1, -0.05) is 13.3 Å². The van der Waals surface area contributed by atoms with E-state index >= 15 is 0 Å². The molecule has 0 bridgehead atoms. The van der Waals surface area contributed by atoms with Gasteiger partial charge in [0.15, 0.2) is 11.5 Å². The summed E-state index contributed by atoms with van der Waals surface area (Å²) in [6, 6.07) is 6.60. The molecule has 1 amide bonds. The molecule has 3 rings (SSSR count). The lowest BCUT2D eigenvalue weighted by atomic mass is 10.2. The number of nitrogens with one attached hydrogen (secondary N) is 1. The number of carbonyl (C=O) groups excluding carboxylic acids is 1. The summed E-state index contributed by atoms with van der Waals surface area (Å²) in [6.07, 6.45) is 3.08. The maximum Gasteiger partial charge on any atom is 0.253 e. The van der Waals surface area contributed by atoms with E-state index < -0.39 is 0 Å². The van der Waals surface area contributed by atoms with E-state index in [4.69, 9.17) is 9.47 Å². The maximum atomic E-state index is 12.1. The van der Waals surface area contributed by atoms with Gasteiger partial charge in [0.1, 0.15) is 6.54 Å². The number of aryl methyl sites for hydroxylation is 1. The highest BCUT2D eigenvalue weighted by Crippen LogP contribution is 2.34. The number of aromatic nitrogens is 2. The fourth-order valence-corrected chi connectivity index (χ4v) is 2.30. The first-order valence-corrected chi connectivity index (χ1v) is 7.40. The van der Waals surface area contributed by atoms with Gasteiger partial charge in [0.05, 0.1) is 6.33 Å². The van der Waals surface area contributed by atoms with Crippen molar-refractivity contribution in [1.82, 2.24) is 9.55 Å². The number of anilines is 1. The summed E-state index contributed by atoms with van der Waals surface area (Å²) in [4.78, 5) is 28.2. The lowest BCUT2D eigenvalue weighted by Crippen LogP contribution is -2.27. The fourth-order valence-electron chi connectivity index (χ4n) is 2.30. The Labute approximate surface area is 132 Å². The number of hydrogen-bond donors (Lipinski definition) is 1. The lowest BCUT2D eigenvalue weighted by Gasteiger charge is -2.08. The van der Waals surface area contributed by atoms with Crippen LogP contribution in [-0.4, -0.2) is 22.3 Å². The third-order valence-electron chi connectivity index (χ3n) is 3.41. The predicted octanol–water partition coefficient (Wildman–Crippen LogP) is 1.56. The van der Waals surface area contributed by atoms with Crippen LogP contribution in [0.4, 0.5) is 5.69 Å². The van der Waals surface area contributed by atoms with Crippen molar-refractivity contribution in [3.63, 3.8) is 0 Å². The molecule has 23 heavy (non-hydrogen) atoms. The Morgan fingerprint density at radius 1 is 1.30 bits per heavy atom. The largest absolute Gasteiger partial charge is 0.454 e. The molecule has 120 valence electrons. The molecule has 7 heteroatoms. The monoisotopic (exact) mass is 315 g/mol. The highest BCUT2D eigenvalue weighted by Gasteiger charge is 2.14. The van der Waals surface area contributed by atoms with Crippen LogP contribution in [0.5, 0.6) is 11.5 Å². The molecule has 1 aliphatic heterocycles. The standard InChI is InChI=1S/C16H17N3O4/c1-2-3-11-7-16(21)19(9-17-11)8-15(20)18-12-4-5-13-14(6-12)23-10-22-13/h4-7,9H,2-3,8,10H2,1H3,(H,18,20). The van der Waals surface area contributed by atoms with E-state index in [1.807, 2.05) is 6.92 Å². The second-order valence-electron chi connectivity index (χ2n) is 5.21. The number of nitrogens with zero attached hydrogens (tertiary/aromatic N) is 2. The molecule has 0 radical (unpaired) electrons. The van der Waals surface area contributed by atoms with Gasteiger partial charge in [-0.05, 0) is 18.6 Å². The number of ether oxygens (including phenoxy) is 2. The van der Waals surface area contributed by atoms with Gasteiger partial charge in [-0.25, -0.2) is 4.98 Å². The van der Waals surface area contributed by atoms with Gasteiger partial charge in [-0.2, -0.15) is 0 Å². The molecule has 2 aromatic rings. The van der Waals surface area contributed by atoms with E-state index in [-0.39, 0.29) is 24.8 Å². The average Bonchev–Trinajstić information content (AvgIpc) is 2.98. The number of carbonyl (C=O) groups is 1. The van der Waals surface area contributed by atoms with Crippen LogP contribution < -0.4 is 20.3 Å². The van der Waals surface area contributed by atoms with Gasteiger partial charge in [0.2, 0.25) is 12.7 Å². The Hall–Kier alpha value is -2.83. The summed E-state index contributed by atoms with van der Waals surface area (Å²) in [6.45, 7) is 2.11. The van der Waals surface area contributed by atoms with Crippen molar-refractivity contribution >= 4 is 11.6 Å². The third kappa shape index (κ3) is 3.50. The van der Waals surface area contributed by atoms with Crippen LogP contribution in [0.25, 0.3) is 0 Å². The highest BCUT2D eigenvalue weighted by atomic mass is 16.7. The Morgan fingerprint density at radius 2 is 2.13 bits per heavy atom. The summed E-state index contributed by atoms with van der Waals surface area (Å²) < 4.78 is 11.7. The van der Waals surface area contributed by atoms with Crippen LogP contribution in [0.2, 0.25) is 0 Å². The zero-order chi connectivity index (χ0) is 16.2. The third-order valence-corrected chi connectivity index (χ3v) is 3.41. The summed E-state index contributed by atoms with van der Waals surface area (Å²) >= 11 is 0. The van der Waals surface area contributed by atoms with Crippen molar-refractivity contribution < 1.29 is 14.3 Å². The molecular weight excluding hydrogens is 298 g/mol. The minimum atomic E-state index is -0.309. The zero-order valence-corrected chi connectivity index (χ0v) is 12.7. The van der Waals surface area contributed by atoms with Crippen LogP contribution >= 0.6 is 0 Å². The van der Waals surface area contributed by atoms with Gasteiger partial charge in [0.25, 0.3) is 5.56 Å². The van der Waals surface area contributed by atoms with Gasteiger partial charge < -0.3 is 14.8 Å². The summed E-state index contributed by atoms with van der Waals surface area (Å²) in [5, 5.41) is 2.73. The van der Waals surface area contributed by atoms with E-state index in [0.717, 1.165) is 18.5 Å². The van der Waals surface area contributed by atoms with Crippen molar-refractivity contribution in [3.8, 4) is 11.5 Å². The lowest BCUT2D eigenvalue weighted by molar-refractivity contribution is -0.116. The predicted molar refractivity (Wildman–Crippen MR) is 83.7 cm³/mol. The minimum Gasteiger partial charge on any atom is -0.454 e. The zero-order valence-electron chi connectivity index (χ0n) is 12.7. The van der Waals surface area contributed by atoms with Crippen molar-refractivity contribution in [3.05, 3.63) is 46.6 Å². The molecule has 0 aliphatic carbocycles. The molecule has 1 aliphatic rings. The van der Waals surface area contributed by atoms with Gasteiger partial charge >= 0.3 is 0 Å². The van der Waals surface area contributed by atoms with Gasteiger partial charge in [-0.15, -0.1) is 0 Å². The van der Waals surface area contributed by atoms with E-state index in [2.05, 4.69) is 10.3 Å². The Kier molecular flexibility index (Phi) is 4.27. The topological polar surface area (TPSA) is 82.5 Å². The maximum absolute atomic E-state index is 12.1. The van der Waals surface area contributed by atoms with Crippen molar-refractivity contribution in [2.45, 2.75) is 26.3 Å². The molecule has 0 atom stereocenters. The molecule has 0 saturated heterocycles. The molecule has 0 fully saturated rings. The number of amides is 1. The van der Waals surface area contributed by atoms with Crippen LogP contribution in [0.3, 0.4) is 0 Å². The molecule has 1 N–H and O–H groups in total. The number of fused-ring (bicyclic) bond motifs is 1. The molecule has 7 nitrogen and oxygen atoms in total. The summed E-state index contributed by atoms with van der Waals surface area (Å²) in [5.41, 5.74) is 1.09. The Morgan fingerprint density at radius 3 is 2.91 bits per heavy atom.